The van der Waals surface area contributed by atoms with Crippen LogP contribution in [-0.4, -0.2) is 14.9 Å². The first-order chi connectivity index (χ1) is 9.13. The average Bonchev–Trinajstić information content (AvgIpc) is 2.88. The molecule has 2 heterocycles. The Morgan fingerprint density at radius 2 is 2.20 bits per heavy atom. The fourth-order valence-electron chi connectivity index (χ4n) is 1.82. The number of nitrogens with two attached hydrogens (primary N) is 1. The number of nitro groups is 1. The van der Waals surface area contributed by atoms with Crippen molar-refractivity contribution in [2.24, 2.45) is 0 Å². The lowest BCUT2D eigenvalue weighted by Crippen LogP contribution is -2.07. The lowest BCUT2D eigenvalue weighted by atomic mass is 10.1. The van der Waals surface area contributed by atoms with E-state index in [0.717, 1.165) is 12.8 Å². The van der Waals surface area contributed by atoms with Gasteiger partial charge in [-0.25, -0.2) is 9.97 Å². The van der Waals surface area contributed by atoms with Gasteiger partial charge in [0.15, 0.2) is 11.5 Å². The molecule has 8 nitrogen and oxygen atoms in total. The molecule has 0 aliphatic heterocycles. The molecule has 0 aliphatic carbocycles. The van der Waals surface area contributed by atoms with Gasteiger partial charge < -0.3 is 16.3 Å². The van der Waals surface area contributed by atoms with Gasteiger partial charge in [0, 0.05) is 0 Å². The van der Waals surface area contributed by atoms with Crippen LogP contribution in [0.15, 0.2) is 22.8 Å². The molecule has 20 heavy (non-hydrogen) atoms. The van der Waals surface area contributed by atoms with Crippen LogP contribution in [0.3, 0.4) is 0 Å². The number of anilines is 1. The van der Waals surface area contributed by atoms with Crippen molar-refractivity contribution in [3.8, 4) is 11.5 Å². The third-order valence-electron chi connectivity index (χ3n) is 2.68. The molecule has 0 amide bonds. The van der Waals surface area contributed by atoms with E-state index in [2.05, 4.69) is 9.97 Å². The third-order valence-corrected chi connectivity index (χ3v) is 2.68. The number of unbranched alkanes of at least 4 members (excludes halogenated alkanes) is 1. The second kappa shape index (κ2) is 6.62. The highest BCUT2D eigenvalue weighted by Gasteiger charge is 2.26. The highest BCUT2D eigenvalue weighted by atomic mass is 16.6. The molecule has 108 valence electrons. The Hall–Kier alpha value is -2.48. The number of aryl methyl sites for hydroxylation is 1. The molecule has 0 unspecified atom stereocenters. The van der Waals surface area contributed by atoms with E-state index in [1.165, 1.54) is 6.26 Å². The van der Waals surface area contributed by atoms with Gasteiger partial charge in [0.1, 0.15) is 5.69 Å². The molecule has 2 rings (SSSR count). The van der Waals surface area contributed by atoms with E-state index in [4.69, 9.17) is 10.2 Å². The Morgan fingerprint density at radius 1 is 1.45 bits per heavy atom. The summed E-state index contributed by atoms with van der Waals surface area (Å²) in [5.74, 6) is 0.335. The van der Waals surface area contributed by atoms with Crippen molar-refractivity contribution in [3.63, 3.8) is 0 Å². The largest absolute Gasteiger partial charge is 0.462 e. The number of hydrogen-bond donors (Lipinski definition) is 2. The summed E-state index contributed by atoms with van der Waals surface area (Å²) in [6.07, 6.45) is 3.64. The van der Waals surface area contributed by atoms with E-state index in [1.54, 1.807) is 12.1 Å². The van der Waals surface area contributed by atoms with Crippen molar-refractivity contribution in [1.82, 2.24) is 16.1 Å². The van der Waals surface area contributed by atoms with Crippen LogP contribution in [0.1, 0.15) is 25.5 Å². The summed E-state index contributed by atoms with van der Waals surface area (Å²) >= 11 is 0. The maximum Gasteiger partial charge on any atom is 0.320 e. The monoisotopic (exact) mass is 279 g/mol. The molecule has 0 saturated heterocycles. The molecule has 5 N–H and O–H groups in total. The molecule has 0 spiro atoms. The maximum absolute atomic E-state index is 11.3. The molecule has 0 radical (unpaired) electrons. The molecule has 2 aromatic rings. The summed E-state index contributed by atoms with van der Waals surface area (Å²) in [5.41, 5.74) is 5.98. The number of rotatable bonds is 5. The van der Waals surface area contributed by atoms with Crippen molar-refractivity contribution >= 4 is 11.6 Å². The predicted molar refractivity (Wildman–Crippen MR) is 74.4 cm³/mol. The van der Waals surface area contributed by atoms with Gasteiger partial charge in [0.25, 0.3) is 0 Å². The second-order valence-electron chi connectivity index (χ2n) is 4.06. The first kappa shape index (κ1) is 15.6. The van der Waals surface area contributed by atoms with Gasteiger partial charge in [-0.1, -0.05) is 13.3 Å². The van der Waals surface area contributed by atoms with Gasteiger partial charge in [-0.05, 0) is 25.0 Å². The topological polar surface area (TPSA) is 143 Å². The van der Waals surface area contributed by atoms with Crippen molar-refractivity contribution in [2.45, 2.75) is 26.2 Å². The fraction of sp³-hybridized carbons (Fsp3) is 0.333. The summed E-state index contributed by atoms with van der Waals surface area (Å²) in [4.78, 5) is 18.7. The smallest absolute Gasteiger partial charge is 0.320 e. The Bertz CT molecular complexity index is 583. The summed E-state index contributed by atoms with van der Waals surface area (Å²) in [7, 11) is 0. The lowest BCUT2D eigenvalue weighted by Gasteiger charge is -2.06. The van der Waals surface area contributed by atoms with Crippen LogP contribution in [0.25, 0.3) is 11.5 Å². The van der Waals surface area contributed by atoms with Crippen molar-refractivity contribution in [3.05, 3.63) is 34.2 Å². The average molecular weight is 279 g/mol. The van der Waals surface area contributed by atoms with Crippen LogP contribution >= 0.6 is 0 Å². The Labute approximate surface area is 115 Å². The molecule has 8 heteroatoms. The zero-order valence-corrected chi connectivity index (χ0v) is 11.2. The van der Waals surface area contributed by atoms with E-state index >= 15 is 0 Å². The number of nitrogens with zero attached hydrogens (tertiary/aromatic N) is 3. The Morgan fingerprint density at radius 3 is 2.75 bits per heavy atom. The number of aromatic nitrogens is 2. The zero-order chi connectivity index (χ0) is 13.8. The van der Waals surface area contributed by atoms with Gasteiger partial charge in [-0.3, -0.25) is 10.1 Å². The maximum atomic E-state index is 11.3. The Balaban J connectivity index is 0.00000200. The van der Waals surface area contributed by atoms with E-state index in [9.17, 15) is 10.1 Å². The highest BCUT2D eigenvalue weighted by molar-refractivity contribution is 5.67. The molecule has 0 bridgehead atoms. The molecule has 0 fully saturated rings. The van der Waals surface area contributed by atoms with Crippen molar-refractivity contribution in [1.29, 1.82) is 0 Å². The first-order valence-corrected chi connectivity index (χ1v) is 5.98. The van der Waals surface area contributed by atoms with Crippen molar-refractivity contribution in [2.75, 3.05) is 5.73 Å². The normalized spacial score (nSPS) is 10.1. The molecule has 0 atom stereocenters. The Kier molecular flexibility index (Phi) is 5.15. The van der Waals surface area contributed by atoms with Gasteiger partial charge in [0.2, 0.25) is 5.95 Å². The summed E-state index contributed by atoms with van der Waals surface area (Å²) in [6, 6.07) is 3.25. The quantitative estimate of drug-likeness (QED) is 0.632. The SMILES string of the molecule is CCCCc1nc(N)nc(-c2ccco2)c1[N+](=O)[O-].N. The van der Waals surface area contributed by atoms with E-state index in [0.29, 0.717) is 17.9 Å². The summed E-state index contributed by atoms with van der Waals surface area (Å²) < 4.78 is 5.17. The number of hydrogen-bond acceptors (Lipinski definition) is 7. The van der Waals surface area contributed by atoms with Crippen LogP contribution in [0.2, 0.25) is 0 Å². The number of nitrogen functional groups attached to an aromatic ring is 1. The van der Waals surface area contributed by atoms with Gasteiger partial charge in [-0.15, -0.1) is 0 Å². The summed E-state index contributed by atoms with van der Waals surface area (Å²) in [6.45, 7) is 2.00. The molecule has 0 saturated carbocycles. The molecular formula is C12H17N5O3. The van der Waals surface area contributed by atoms with Gasteiger partial charge in [-0.2, -0.15) is 0 Å². The lowest BCUT2D eigenvalue weighted by molar-refractivity contribution is -0.385. The predicted octanol–water partition coefficient (Wildman–Crippen LogP) is 2.73. The van der Waals surface area contributed by atoms with Crippen LogP contribution in [0.4, 0.5) is 11.6 Å². The van der Waals surface area contributed by atoms with Crippen LogP contribution < -0.4 is 11.9 Å². The van der Waals surface area contributed by atoms with Crippen molar-refractivity contribution < 1.29 is 9.34 Å². The number of furan rings is 1. The summed E-state index contributed by atoms with van der Waals surface area (Å²) in [5, 5.41) is 11.3. The second-order valence-corrected chi connectivity index (χ2v) is 4.06. The van der Waals surface area contributed by atoms with Crippen LogP contribution in [-0.2, 0) is 6.42 Å². The minimum Gasteiger partial charge on any atom is -0.462 e. The molecule has 2 aromatic heterocycles. The minimum atomic E-state index is -0.484. The third kappa shape index (κ3) is 3.09. The fourth-order valence-corrected chi connectivity index (χ4v) is 1.82. The minimum absolute atomic E-state index is 0. The molecule has 0 aromatic carbocycles. The van der Waals surface area contributed by atoms with E-state index < -0.39 is 4.92 Å². The first-order valence-electron chi connectivity index (χ1n) is 5.98. The van der Waals surface area contributed by atoms with E-state index in [1.807, 2.05) is 6.92 Å². The molecular weight excluding hydrogens is 262 g/mol. The zero-order valence-electron chi connectivity index (χ0n) is 11.2. The standard InChI is InChI=1S/C12H14N4O3.H3N/c1-2-3-5-8-11(16(17)18)10(15-12(13)14-8)9-6-4-7-19-9;/h4,6-7H,2-3,5H2,1H3,(H2,13,14,15);1H3. The highest BCUT2D eigenvalue weighted by Crippen LogP contribution is 2.32. The van der Waals surface area contributed by atoms with Crippen LogP contribution in [0, 0.1) is 10.1 Å². The van der Waals surface area contributed by atoms with Gasteiger partial charge in [0.05, 0.1) is 11.2 Å². The van der Waals surface area contributed by atoms with Crippen LogP contribution in [0.5, 0.6) is 0 Å². The van der Waals surface area contributed by atoms with E-state index in [-0.39, 0.29) is 23.5 Å². The molecule has 0 aliphatic rings. The van der Waals surface area contributed by atoms with Gasteiger partial charge >= 0.3 is 5.69 Å².